The molecule has 2 heterocycles. The first-order valence-corrected chi connectivity index (χ1v) is 14.4. The number of hydrogen-bond acceptors (Lipinski definition) is 7. The molecule has 0 fully saturated rings. The lowest BCUT2D eigenvalue weighted by molar-refractivity contribution is -0.113. The number of nitrogens with zero attached hydrogens (tertiary/aromatic N) is 4. The molecule has 2 aromatic carbocycles. The first kappa shape index (κ1) is 27.8. The molecule has 4 aromatic rings. The maximum absolute atomic E-state index is 12.9. The van der Waals surface area contributed by atoms with Crippen LogP contribution in [0.15, 0.2) is 59.1 Å². The van der Waals surface area contributed by atoms with Gasteiger partial charge in [-0.1, -0.05) is 67.0 Å². The van der Waals surface area contributed by atoms with E-state index in [2.05, 4.69) is 25.8 Å². The van der Waals surface area contributed by atoms with Crippen molar-refractivity contribution in [3.8, 4) is 11.3 Å². The molecule has 0 aliphatic heterocycles. The van der Waals surface area contributed by atoms with Crippen LogP contribution in [0.25, 0.3) is 11.3 Å². The van der Waals surface area contributed by atoms with Gasteiger partial charge in [0.25, 0.3) is 5.91 Å². The van der Waals surface area contributed by atoms with Gasteiger partial charge in [-0.25, -0.2) is 4.98 Å². The molecule has 0 saturated heterocycles. The fraction of sp³-hybridized carbons (Fsp3) is 0.296. The Morgan fingerprint density at radius 2 is 1.79 bits per heavy atom. The highest BCUT2D eigenvalue weighted by Crippen LogP contribution is 2.28. The van der Waals surface area contributed by atoms with E-state index in [1.165, 1.54) is 23.1 Å². The van der Waals surface area contributed by atoms with Gasteiger partial charge in [-0.05, 0) is 44.0 Å². The highest BCUT2D eigenvalue weighted by Gasteiger charge is 2.26. The molecule has 8 nitrogen and oxygen atoms in total. The Kier molecular flexibility index (Phi) is 9.19. The maximum atomic E-state index is 12.9. The lowest BCUT2D eigenvalue weighted by atomic mass is 10.0. The van der Waals surface area contributed by atoms with Gasteiger partial charge in [-0.2, -0.15) is 0 Å². The maximum Gasteiger partial charge on any atom is 0.251 e. The monoisotopic (exact) mass is 568 g/mol. The first-order chi connectivity index (χ1) is 18.2. The molecule has 0 aliphatic rings. The number of aryl methyl sites for hydroxylation is 1. The van der Waals surface area contributed by atoms with Crippen LogP contribution in [0.1, 0.15) is 48.6 Å². The second-order valence-corrected chi connectivity index (χ2v) is 11.3. The van der Waals surface area contributed by atoms with E-state index in [-0.39, 0.29) is 29.5 Å². The minimum absolute atomic E-state index is 0.0831. The van der Waals surface area contributed by atoms with E-state index in [0.717, 1.165) is 16.8 Å². The minimum Gasteiger partial charge on any atom is -0.342 e. The number of aromatic nitrogens is 4. The second kappa shape index (κ2) is 12.6. The van der Waals surface area contributed by atoms with Crippen LogP contribution in [0.3, 0.4) is 0 Å². The fourth-order valence-electron chi connectivity index (χ4n) is 3.76. The quantitative estimate of drug-likeness (QED) is 0.219. The van der Waals surface area contributed by atoms with Crippen LogP contribution in [-0.2, 0) is 11.3 Å². The van der Waals surface area contributed by atoms with Crippen LogP contribution in [0.4, 0.5) is 5.13 Å². The largest absolute Gasteiger partial charge is 0.342 e. The lowest BCUT2D eigenvalue weighted by Crippen LogP contribution is -2.33. The van der Waals surface area contributed by atoms with Crippen molar-refractivity contribution in [3.05, 3.63) is 75.9 Å². The van der Waals surface area contributed by atoms with Crippen molar-refractivity contribution in [2.75, 3.05) is 11.1 Å². The summed E-state index contributed by atoms with van der Waals surface area (Å²) in [5.41, 5.74) is 3.39. The molecule has 0 bridgehead atoms. The summed E-state index contributed by atoms with van der Waals surface area (Å²) in [6.07, 6.45) is 0. The van der Waals surface area contributed by atoms with Crippen molar-refractivity contribution in [3.63, 3.8) is 0 Å². The van der Waals surface area contributed by atoms with E-state index >= 15 is 0 Å². The third-order valence-corrected chi connectivity index (χ3v) is 7.81. The van der Waals surface area contributed by atoms with Gasteiger partial charge in [0, 0.05) is 28.1 Å². The first-order valence-electron chi connectivity index (χ1n) is 12.2. The van der Waals surface area contributed by atoms with Crippen molar-refractivity contribution in [2.24, 2.45) is 5.92 Å². The van der Waals surface area contributed by atoms with Crippen LogP contribution in [-0.4, -0.2) is 37.3 Å². The third kappa shape index (κ3) is 6.80. The van der Waals surface area contributed by atoms with Gasteiger partial charge < -0.3 is 15.2 Å². The standard InChI is InChI=1S/C27H29ClN6O2S2/c1-5-34-24(23(16(2)3)31-25(36)19-8-6-17(4)7-9-19)32-33-27(34)38-15-22(35)30-26-29-21(14-37-26)18-10-12-20(28)13-11-18/h6-14,16,23H,5,15H2,1-4H3,(H,31,36)(H,29,30,35)/t23-/m0/s1. The molecule has 0 aliphatic carbocycles. The number of carbonyl (C=O) groups excluding carboxylic acids is 2. The molecule has 0 saturated carbocycles. The minimum atomic E-state index is -0.332. The van der Waals surface area contributed by atoms with Gasteiger partial charge in [0.2, 0.25) is 5.91 Å². The SMILES string of the molecule is CCn1c(SCC(=O)Nc2nc(-c3ccc(Cl)cc3)cs2)nnc1[C@@H](NC(=O)c1ccc(C)cc1)C(C)C. The van der Waals surface area contributed by atoms with Gasteiger partial charge in [-0.3, -0.25) is 9.59 Å². The molecule has 0 unspecified atom stereocenters. The summed E-state index contributed by atoms with van der Waals surface area (Å²) in [5, 5.41) is 18.4. The number of halogens is 1. The van der Waals surface area contributed by atoms with Crippen LogP contribution >= 0.6 is 34.7 Å². The molecular formula is C27H29ClN6O2S2. The van der Waals surface area contributed by atoms with Gasteiger partial charge in [0.1, 0.15) is 0 Å². The Hall–Kier alpha value is -3.21. The van der Waals surface area contributed by atoms with Crippen LogP contribution < -0.4 is 10.6 Å². The van der Waals surface area contributed by atoms with E-state index in [1.807, 2.05) is 74.0 Å². The average molecular weight is 569 g/mol. The predicted molar refractivity (Wildman–Crippen MR) is 154 cm³/mol. The molecule has 2 N–H and O–H groups in total. The van der Waals surface area contributed by atoms with Crippen LogP contribution in [0, 0.1) is 12.8 Å². The van der Waals surface area contributed by atoms with E-state index in [9.17, 15) is 9.59 Å². The zero-order valence-electron chi connectivity index (χ0n) is 21.6. The highest BCUT2D eigenvalue weighted by atomic mass is 35.5. The molecule has 0 radical (unpaired) electrons. The molecular weight excluding hydrogens is 540 g/mol. The molecule has 1 atom stereocenters. The number of rotatable bonds is 10. The Morgan fingerprint density at radius 3 is 2.45 bits per heavy atom. The van der Waals surface area contributed by atoms with E-state index in [4.69, 9.17) is 11.6 Å². The van der Waals surface area contributed by atoms with Crippen molar-refractivity contribution in [2.45, 2.75) is 45.4 Å². The number of nitrogens with one attached hydrogen (secondary N) is 2. The van der Waals surface area contributed by atoms with Crippen molar-refractivity contribution >= 4 is 51.6 Å². The predicted octanol–water partition coefficient (Wildman–Crippen LogP) is 6.24. The number of thiazole rings is 1. The number of amides is 2. The van der Waals surface area contributed by atoms with Crippen molar-refractivity contribution in [1.29, 1.82) is 0 Å². The Labute approximate surface area is 235 Å². The molecule has 4 rings (SSSR count). The summed E-state index contributed by atoms with van der Waals surface area (Å²) in [4.78, 5) is 30.1. The van der Waals surface area contributed by atoms with Gasteiger partial charge >= 0.3 is 0 Å². The number of anilines is 1. The summed E-state index contributed by atoms with van der Waals surface area (Å²) in [7, 11) is 0. The Balaban J connectivity index is 1.40. The lowest BCUT2D eigenvalue weighted by Gasteiger charge is -2.22. The third-order valence-electron chi connectivity index (χ3n) is 5.83. The van der Waals surface area contributed by atoms with E-state index < -0.39 is 0 Å². The van der Waals surface area contributed by atoms with Crippen LogP contribution in [0.2, 0.25) is 5.02 Å². The molecule has 38 heavy (non-hydrogen) atoms. The summed E-state index contributed by atoms with van der Waals surface area (Å²) >= 11 is 8.62. The zero-order chi connectivity index (χ0) is 27.2. The number of carbonyl (C=O) groups is 2. The fourth-order valence-corrected chi connectivity index (χ4v) is 5.43. The number of benzene rings is 2. The average Bonchev–Trinajstić information content (AvgIpc) is 3.53. The van der Waals surface area contributed by atoms with Crippen LogP contribution in [0.5, 0.6) is 0 Å². The van der Waals surface area contributed by atoms with Crippen molar-refractivity contribution in [1.82, 2.24) is 25.1 Å². The number of hydrogen-bond donors (Lipinski definition) is 2. The topological polar surface area (TPSA) is 102 Å². The highest BCUT2D eigenvalue weighted by molar-refractivity contribution is 7.99. The zero-order valence-corrected chi connectivity index (χ0v) is 24.0. The van der Waals surface area contributed by atoms with E-state index in [0.29, 0.717) is 33.2 Å². The van der Waals surface area contributed by atoms with Gasteiger partial charge in [0.05, 0.1) is 17.5 Å². The summed E-state index contributed by atoms with van der Waals surface area (Å²) < 4.78 is 1.94. The summed E-state index contributed by atoms with van der Waals surface area (Å²) in [6, 6.07) is 14.5. The molecule has 198 valence electrons. The summed E-state index contributed by atoms with van der Waals surface area (Å²) in [5.74, 6) is 0.547. The molecule has 2 amide bonds. The van der Waals surface area contributed by atoms with E-state index in [1.54, 1.807) is 12.1 Å². The Morgan fingerprint density at radius 1 is 1.08 bits per heavy atom. The molecule has 0 spiro atoms. The molecule has 2 aromatic heterocycles. The van der Waals surface area contributed by atoms with Crippen molar-refractivity contribution < 1.29 is 9.59 Å². The number of thioether (sulfide) groups is 1. The van der Waals surface area contributed by atoms with Gasteiger partial charge in [-0.15, -0.1) is 21.5 Å². The Bertz CT molecular complexity index is 1400. The van der Waals surface area contributed by atoms with Gasteiger partial charge in [0.15, 0.2) is 16.1 Å². The normalized spacial score (nSPS) is 11.9. The molecule has 11 heteroatoms. The smallest absolute Gasteiger partial charge is 0.251 e. The summed E-state index contributed by atoms with van der Waals surface area (Å²) in [6.45, 7) is 8.64. The second-order valence-electron chi connectivity index (χ2n) is 9.03.